The number of nitrogens with zero attached hydrogens (tertiary/aromatic N) is 1. The van der Waals surface area contributed by atoms with Crippen molar-refractivity contribution >= 4 is 37.8 Å². The average molecular weight is 333 g/mol. The van der Waals surface area contributed by atoms with Gasteiger partial charge in [-0.15, -0.1) is 11.3 Å². The molecular formula is C13H23N3O3S2. The Morgan fingerprint density at radius 3 is 2.43 bits per heavy atom. The topological polar surface area (TPSA) is 92.5 Å². The summed E-state index contributed by atoms with van der Waals surface area (Å²) in [4.78, 5) is 14.3. The van der Waals surface area contributed by atoms with Crippen LogP contribution in [0.5, 0.6) is 0 Å². The molecule has 0 aliphatic rings. The minimum absolute atomic E-state index is 0.0501. The molecular weight excluding hydrogens is 310 g/mol. The lowest BCUT2D eigenvalue weighted by Gasteiger charge is -2.17. The highest BCUT2D eigenvalue weighted by molar-refractivity contribution is 7.91. The van der Waals surface area contributed by atoms with Crippen LogP contribution in [-0.2, 0) is 9.84 Å². The Kier molecular flexibility index (Phi) is 6.03. The van der Waals surface area contributed by atoms with Gasteiger partial charge in [0.25, 0.3) is 5.91 Å². The number of nitrogen functional groups attached to an aromatic ring is 1. The summed E-state index contributed by atoms with van der Waals surface area (Å²) in [6, 6.07) is 0. The molecule has 6 nitrogen and oxygen atoms in total. The highest BCUT2D eigenvalue weighted by Crippen LogP contribution is 2.41. The molecule has 0 unspecified atom stereocenters. The van der Waals surface area contributed by atoms with Gasteiger partial charge in [0, 0.05) is 26.4 Å². The Morgan fingerprint density at radius 2 is 1.95 bits per heavy atom. The second kappa shape index (κ2) is 7.13. The summed E-state index contributed by atoms with van der Waals surface area (Å²) in [5.41, 5.74) is 5.99. The van der Waals surface area contributed by atoms with E-state index in [0.29, 0.717) is 18.1 Å². The van der Waals surface area contributed by atoms with E-state index in [-0.39, 0.29) is 21.4 Å². The third-order valence-corrected chi connectivity index (χ3v) is 5.50. The molecule has 0 fully saturated rings. The molecule has 1 amide bonds. The maximum Gasteiger partial charge on any atom is 0.263 e. The summed E-state index contributed by atoms with van der Waals surface area (Å²) in [7, 11) is -1.69. The number of amides is 1. The van der Waals surface area contributed by atoms with Crippen molar-refractivity contribution < 1.29 is 13.2 Å². The molecule has 0 spiro atoms. The van der Waals surface area contributed by atoms with Gasteiger partial charge in [-0.3, -0.25) is 4.79 Å². The van der Waals surface area contributed by atoms with E-state index in [1.54, 1.807) is 7.05 Å². The summed E-state index contributed by atoms with van der Waals surface area (Å²) < 4.78 is 24.0. The average Bonchev–Trinajstić information content (AvgIpc) is 2.74. The van der Waals surface area contributed by atoms with Gasteiger partial charge in [0.05, 0.1) is 5.69 Å². The molecule has 0 radical (unpaired) electrons. The summed E-state index contributed by atoms with van der Waals surface area (Å²) in [5, 5.41) is 3.26. The quantitative estimate of drug-likeness (QED) is 0.792. The zero-order chi connectivity index (χ0) is 16.2. The monoisotopic (exact) mass is 333 g/mol. The highest BCUT2D eigenvalue weighted by Gasteiger charge is 2.28. The van der Waals surface area contributed by atoms with Crippen LogP contribution in [0.25, 0.3) is 0 Å². The molecule has 1 aromatic heterocycles. The van der Waals surface area contributed by atoms with Crippen molar-refractivity contribution in [3.8, 4) is 0 Å². The van der Waals surface area contributed by atoms with Crippen LogP contribution in [0.15, 0.2) is 4.90 Å². The van der Waals surface area contributed by atoms with Gasteiger partial charge in [-0.1, -0.05) is 13.8 Å². The number of carbonyl (C=O) groups excluding carboxylic acids is 1. The first-order valence-corrected chi connectivity index (χ1v) is 9.56. The van der Waals surface area contributed by atoms with Crippen LogP contribution >= 0.6 is 11.3 Å². The van der Waals surface area contributed by atoms with E-state index in [1.807, 2.05) is 18.7 Å². The van der Waals surface area contributed by atoms with E-state index in [2.05, 4.69) is 5.32 Å². The first-order chi connectivity index (χ1) is 9.73. The van der Waals surface area contributed by atoms with Gasteiger partial charge in [0.15, 0.2) is 9.84 Å². The lowest BCUT2D eigenvalue weighted by Crippen LogP contribution is -2.24. The molecule has 0 saturated carbocycles. The Balaban J connectivity index is 3.34. The van der Waals surface area contributed by atoms with Gasteiger partial charge in [-0.2, -0.15) is 0 Å². The second-order valence-corrected chi connectivity index (χ2v) is 7.88. The Morgan fingerprint density at radius 1 is 1.33 bits per heavy atom. The molecule has 0 aliphatic carbocycles. The van der Waals surface area contributed by atoms with Gasteiger partial charge < -0.3 is 16.0 Å². The predicted octanol–water partition coefficient (Wildman–Crippen LogP) is 1.72. The van der Waals surface area contributed by atoms with Gasteiger partial charge in [-0.25, -0.2) is 8.42 Å². The van der Waals surface area contributed by atoms with Crippen molar-refractivity contribution in [2.75, 3.05) is 37.0 Å². The fourth-order valence-corrected chi connectivity index (χ4v) is 4.59. The lowest BCUT2D eigenvalue weighted by molar-refractivity contribution is 0.0958. The Bertz CT molecular complexity index is 608. The number of carbonyl (C=O) groups is 1. The van der Waals surface area contributed by atoms with Crippen molar-refractivity contribution in [2.45, 2.75) is 31.6 Å². The maximum atomic E-state index is 12.1. The van der Waals surface area contributed by atoms with Crippen LogP contribution in [0.2, 0.25) is 0 Å². The SMILES string of the molecule is CCCNC(=O)c1sc(N(C)CCC)c(S(C)(=O)=O)c1N. The van der Waals surface area contributed by atoms with Crippen LogP contribution in [0.3, 0.4) is 0 Å². The van der Waals surface area contributed by atoms with E-state index >= 15 is 0 Å². The zero-order valence-electron chi connectivity index (χ0n) is 12.9. The van der Waals surface area contributed by atoms with E-state index in [9.17, 15) is 13.2 Å². The molecule has 21 heavy (non-hydrogen) atoms. The van der Waals surface area contributed by atoms with Crippen LogP contribution in [0.4, 0.5) is 10.7 Å². The molecule has 3 N–H and O–H groups in total. The summed E-state index contributed by atoms with van der Waals surface area (Å²) in [6.45, 7) is 5.17. The normalized spacial score (nSPS) is 11.4. The van der Waals surface area contributed by atoms with Gasteiger partial charge >= 0.3 is 0 Å². The van der Waals surface area contributed by atoms with Crippen molar-refractivity contribution in [1.82, 2.24) is 5.32 Å². The first-order valence-electron chi connectivity index (χ1n) is 6.85. The third kappa shape index (κ3) is 4.10. The van der Waals surface area contributed by atoms with Crippen molar-refractivity contribution in [2.24, 2.45) is 0 Å². The van der Waals surface area contributed by atoms with Gasteiger partial charge in [0.2, 0.25) is 0 Å². The molecule has 1 heterocycles. The number of hydrogen-bond acceptors (Lipinski definition) is 6. The van der Waals surface area contributed by atoms with E-state index < -0.39 is 9.84 Å². The largest absolute Gasteiger partial charge is 0.396 e. The van der Waals surface area contributed by atoms with Crippen LogP contribution in [0.1, 0.15) is 36.4 Å². The molecule has 0 aliphatic heterocycles. The molecule has 0 aromatic carbocycles. The number of hydrogen-bond donors (Lipinski definition) is 2. The van der Waals surface area contributed by atoms with Crippen LogP contribution < -0.4 is 16.0 Å². The maximum absolute atomic E-state index is 12.1. The number of nitrogens with one attached hydrogen (secondary N) is 1. The fraction of sp³-hybridized carbons (Fsp3) is 0.615. The third-order valence-electron chi connectivity index (χ3n) is 2.90. The van der Waals surface area contributed by atoms with E-state index in [0.717, 1.165) is 30.4 Å². The number of sulfone groups is 1. The Labute approximate surface area is 130 Å². The molecule has 1 aromatic rings. The highest BCUT2D eigenvalue weighted by atomic mass is 32.2. The number of nitrogens with two attached hydrogens (primary N) is 1. The van der Waals surface area contributed by atoms with E-state index in [1.165, 1.54) is 0 Å². The summed E-state index contributed by atoms with van der Waals surface area (Å²) in [5.74, 6) is -0.319. The lowest BCUT2D eigenvalue weighted by atomic mass is 10.3. The minimum atomic E-state index is -3.50. The molecule has 0 saturated heterocycles. The summed E-state index contributed by atoms with van der Waals surface area (Å²) >= 11 is 1.13. The molecule has 8 heteroatoms. The van der Waals surface area contributed by atoms with E-state index in [4.69, 9.17) is 5.73 Å². The van der Waals surface area contributed by atoms with Crippen molar-refractivity contribution in [3.05, 3.63) is 4.88 Å². The Hall–Kier alpha value is -1.28. The second-order valence-electron chi connectivity index (χ2n) is 4.93. The van der Waals surface area contributed by atoms with Crippen molar-refractivity contribution in [3.63, 3.8) is 0 Å². The number of thiophene rings is 1. The smallest absolute Gasteiger partial charge is 0.263 e. The minimum Gasteiger partial charge on any atom is -0.396 e. The molecule has 0 bridgehead atoms. The predicted molar refractivity (Wildman–Crippen MR) is 88.0 cm³/mol. The standard InChI is InChI=1S/C13H23N3O3S2/c1-5-7-15-12(17)10-9(14)11(21(4,18)19)13(20-10)16(3)8-6-2/h5-8,14H2,1-4H3,(H,15,17). The zero-order valence-corrected chi connectivity index (χ0v) is 14.5. The molecule has 1 rings (SSSR count). The first kappa shape index (κ1) is 17.8. The summed E-state index contributed by atoms with van der Waals surface area (Å²) in [6.07, 6.45) is 2.79. The van der Waals surface area contributed by atoms with Gasteiger partial charge in [0.1, 0.15) is 14.8 Å². The number of rotatable bonds is 7. The number of anilines is 2. The fourth-order valence-electron chi connectivity index (χ4n) is 1.95. The van der Waals surface area contributed by atoms with Crippen LogP contribution in [-0.4, -0.2) is 40.7 Å². The van der Waals surface area contributed by atoms with Gasteiger partial charge in [-0.05, 0) is 12.8 Å². The molecule has 0 atom stereocenters. The van der Waals surface area contributed by atoms with Crippen LogP contribution in [0, 0.1) is 0 Å². The van der Waals surface area contributed by atoms with Crippen molar-refractivity contribution in [1.29, 1.82) is 0 Å². The molecule has 120 valence electrons.